The second-order valence-corrected chi connectivity index (χ2v) is 10.4. The van der Waals surface area contributed by atoms with E-state index in [0.717, 1.165) is 12.8 Å². The Morgan fingerprint density at radius 3 is 2.16 bits per heavy atom. The molecular formula is C22H35IO8. The molecule has 2 rings (SSSR count). The molecule has 0 aromatic heterocycles. The largest absolute Gasteiger partial charge is 0.463 e. The highest BCUT2D eigenvalue weighted by Gasteiger charge is 2.51. The van der Waals surface area contributed by atoms with Crippen molar-refractivity contribution in [2.75, 3.05) is 6.61 Å². The smallest absolute Gasteiger partial charge is 0.303 e. The van der Waals surface area contributed by atoms with Crippen molar-refractivity contribution in [2.24, 2.45) is 17.8 Å². The van der Waals surface area contributed by atoms with Crippen LogP contribution < -0.4 is 0 Å². The number of carbonyl (C=O) groups is 3. The Labute approximate surface area is 198 Å². The number of hydrogen-bond donors (Lipinski definition) is 0. The van der Waals surface area contributed by atoms with Gasteiger partial charge >= 0.3 is 17.9 Å². The monoisotopic (exact) mass is 554 g/mol. The zero-order valence-electron chi connectivity index (χ0n) is 19.2. The van der Waals surface area contributed by atoms with E-state index in [9.17, 15) is 14.4 Å². The van der Waals surface area contributed by atoms with Crippen LogP contribution in [0.4, 0.5) is 0 Å². The lowest BCUT2D eigenvalue weighted by atomic mass is 9.75. The number of rotatable bonds is 7. The van der Waals surface area contributed by atoms with Crippen LogP contribution in [-0.4, -0.2) is 59.1 Å². The third kappa shape index (κ3) is 7.56. The summed E-state index contributed by atoms with van der Waals surface area (Å²) in [7, 11) is 0. The second kappa shape index (κ2) is 11.8. The van der Waals surface area contributed by atoms with Gasteiger partial charge in [0.05, 0.1) is 6.10 Å². The van der Waals surface area contributed by atoms with E-state index in [4.69, 9.17) is 23.7 Å². The predicted molar refractivity (Wildman–Crippen MR) is 120 cm³/mol. The van der Waals surface area contributed by atoms with Gasteiger partial charge in [-0.15, -0.1) is 0 Å². The molecule has 1 aliphatic heterocycles. The van der Waals surface area contributed by atoms with Crippen molar-refractivity contribution in [2.45, 2.75) is 95.4 Å². The molecule has 2 aliphatic rings. The van der Waals surface area contributed by atoms with Gasteiger partial charge in [-0.05, 0) is 30.6 Å². The standard InChI is InChI=1S/C22H35IO8/c1-11(2)16-8-7-12(3)9-17(16)30-22-19(23)21(29-15(6)26)20(28-14(5)25)18(31-22)10-27-13(4)24/h11-12,16-22H,7-10H2,1-6H3/t12-,16+,17-,18?,19?,20?,21?,22?/m1/s1. The van der Waals surface area contributed by atoms with Crippen LogP contribution in [0.3, 0.4) is 0 Å². The number of halogens is 1. The Morgan fingerprint density at radius 1 is 1.00 bits per heavy atom. The lowest BCUT2D eigenvalue weighted by Crippen LogP contribution is -2.60. The predicted octanol–water partition coefficient (Wildman–Crippen LogP) is 3.42. The van der Waals surface area contributed by atoms with E-state index in [2.05, 4.69) is 43.4 Å². The summed E-state index contributed by atoms with van der Waals surface area (Å²) in [6.07, 6.45) is -0.0336. The second-order valence-electron chi connectivity index (χ2n) is 8.94. The van der Waals surface area contributed by atoms with Crippen LogP contribution in [0.2, 0.25) is 0 Å². The van der Waals surface area contributed by atoms with Gasteiger partial charge in [-0.1, -0.05) is 49.8 Å². The molecule has 1 aliphatic carbocycles. The van der Waals surface area contributed by atoms with Crippen LogP contribution in [-0.2, 0) is 38.1 Å². The fraction of sp³-hybridized carbons (Fsp3) is 0.864. The topological polar surface area (TPSA) is 97.4 Å². The van der Waals surface area contributed by atoms with Gasteiger partial charge in [-0.3, -0.25) is 14.4 Å². The third-order valence-corrected chi connectivity index (χ3v) is 7.19. The molecule has 0 radical (unpaired) electrons. The van der Waals surface area contributed by atoms with Crippen molar-refractivity contribution in [1.29, 1.82) is 0 Å². The van der Waals surface area contributed by atoms with E-state index >= 15 is 0 Å². The highest BCUT2D eigenvalue weighted by Crippen LogP contribution is 2.39. The van der Waals surface area contributed by atoms with Crippen molar-refractivity contribution in [3.8, 4) is 0 Å². The van der Waals surface area contributed by atoms with Crippen LogP contribution in [0.5, 0.6) is 0 Å². The summed E-state index contributed by atoms with van der Waals surface area (Å²) in [5.74, 6) is -0.114. The molecule has 1 saturated carbocycles. The van der Waals surface area contributed by atoms with Crippen molar-refractivity contribution in [3.05, 3.63) is 0 Å². The van der Waals surface area contributed by atoms with Crippen LogP contribution in [0, 0.1) is 17.8 Å². The summed E-state index contributed by atoms with van der Waals surface area (Å²) >= 11 is 2.13. The molecule has 8 atom stereocenters. The zero-order valence-corrected chi connectivity index (χ0v) is 21.3. The maximum absolute atomic E-state index is 11.8. The average Bonchev–Trinajstić information content (AvgIpc) is 2.64. The van der Waals surface area contributed by atoms with E-state index < -0.39 is 46.4 Å². The maximum Gasteiger partial charge on any atom is 0.303 e. The van der Waals surface area contributed by atoms with E-state index in [1.165, 1.54) is 27.2 Å². The van der Waals surface area contributed by atoms with Crippen molar-refractivity contribution < 1.29 is 38.1 Å². The molecule has 8 nitrogen and oxygen atoms in total. The molecule has 0 bridgehead atoms. The molecule has 178 valence electrons. The quantitative estimate of drug-likeness (QED) is 0.205. The molecule has 0 amide bonds. The maximum atomic E-state index is 11.8. The molecule has 5 unspecified atom stereocenters. The molecular weight excluding hydrogens is 519 g/mol. The van der Waals surface area contributed by atoms with Crippen molar-refractivity contribution in [3.63, 3.8) is 0 Å². The van der Waals surface area contributed by atoms with E-state index in [-0.39, 0.29) is 12.7 Å². The minimum Gasteiger partial charge on any atom is -0.463 e. The Morgan fingerprint density at radius 2 is 1.61 bits per heavy atom. The van der Waals surface area contributed by atoms with Gasteiger partial charge in [0.25, 0.3) is 0 Å². The SMILES string of the molecule is CC(=O)OCC1OC(O[C@@H]2C[C@H](C)CC[C@H]2C(C)C)C(I)C(OC(C)=O)C1OC(C)=O. The highest BCUT2D eigenvalue weighted by molar-refractivity contribution is 14.1. The van der Waals surface area contributed by atoms with E-state index in [1.54, 1.807) is 0 Å². The van der Waals surface area contributed by atoms with Gasteiger partial charge in [0, 0.05) is 20.8 Å². The summed E-state index contributed by atoms with van der Waals surface area (Å²) in [4.78, 5) is 34.9. The first-order valence-corrected chi connectivity index (χ1v) is 12.2. The van der Waals surface area contributed by atoms with Gasteiger partial charge in [-0.2, -0.15) is 0 Å². The molecule has 0 aromatic carbocycles. The normalized spacial score (nSPS) is 36.0. The Kier molecular flexibility index (Phi) is 10.0. The summed E-state index contributed by atoms with van der Waals surface area (Å²) in [6, 6.07) is 0. The van der Waals surface area contributed by atoms with Crippen LogP contribution in [0.25, 0.3) is 0 Å². The van der Waals surface area contributed by atoms with Gasteiger partial charge < -0.3 is 23.7 Å². The zero-order chi connectivity index (χ0) is 23.3. The minimum atomic E-state index is -0.909. The minimum absolute atomic E-state index is 0.00337. The van der Waals surface area contributed by atoms with Crippen LogP contribution in [0.15, 0.2) is 0 Å². The first-order chi connectivity index (χ1) is 14.5. The molecule has 9 heteroatoms. The Balaban J connectivity index is 2.28. The molecule has 1 heterocycles. The summed E-state index contributed by atoms with van der Waals surface area (Å²) in [5, 5.41) is 0. The fourth-order valence-corrected chi connectivity index (χ4v) is 5.31. The van der Waals surface area contributed by atoms with Gasteiger partial charge in [0.15, 0.2) is 18.5 Å². The molecule has 2 fully saturated rings. The fourth-order valence-electron chi connectivity index (χ4n) is 4.41. The number of ether oxygens (including phenoxy) is 5. The van der Waals surface area contributed by atoms with E-state index in [0.29, 0.717) is 17.8 Å². The number of hydrogen-bond acceptors (Lipinski definition) is 8. The van der Waals surface area contributed by atoms with E-state index in [1.807, 2.05) is 0 Å². The molecule has 31 heavy (non-hydrogen) atoms. The van der Waals surface area contributed by atoms with Gasteiger partial charge in [0.1, 0.15) is 16.6 Å². The summed E-state index contributed by atoms with van der Waals surface area (Å²) in [5.41, 5.74) is 0. The first kappa shape index (κ1) is 26.3. The highest BCUT2D eigenvalue weighted by atomic mass is 127. The Hall–Kier alpha value is -0.940. The summed E-state index contributed by atoms with van der Waals surface area (Å²) in [6.45, 7) is 10.3. The first-order valence-electron chi connectivity index (χ1n) is 10.9. The number of carbonyl (C=O) groups excluding carboxylic acids is 3. The lowest BCUT2D eigenvalue weighted by Gasteiger charge is -2.46. The molecule has 0 spiro atoms. The lowest BCUT2D eigenvalue weighted by molar-refractivity contribution is -0.278. The van der Waals surface area contributed by atoms with Crippen LogP contribution in [0.1, 0.15) is 60.8 Å². The third-order valence-electron chi connectivity index (χ3n) is 5.90. The van der Waals surface area contributed by atoms with Crippen molar-refractivity contribution in [1.82, 2.24) is 0 Å². The van der Waals surface area contributed by atoms with Gasteiger partial charge in [-0.25, -0.2) is 0 Å². The molecule has 1 saturated heterocycles. The Bertz CT molecular complexity index is 639. The van der Waals surface area contributed by atoms with Crippen molar-refractivity contribution >= 4 is 40.5 Å². The molecule has 0 N–H and O–H groups in total. The molecule has 0 aromatic rings. The number of esters is 3. The van der Waals surface area contributed by atoms with Crippen LogP contribution >= 0.6 is 22.6 Å². The number of alkyl halides is 1. The average molecular weight is 554 g/mol. The summed E-state index contributed by atoms with van der Waals surface area (Å²) < 4.78 is 28.4. The van der Waals surface area contributed by atoms with Gasteiger partial charge in [0.2, 0.25) is 0 Å².